The molecule has 2 heterocycles. The number of amides is 1. The van der Waals surface area contributed by atoms with E-state index >= 15 is 0 Å². The third-order valence-corrected chi connectivity index (χ3v) is 4.23. The first-order valence-corrected chi connectivity index (χ1v) is 7.65. The molecule has 1 aromatic carbocycles. The van der Waals surface area contributed by atoms with E-state index in [1.807, 2.05) is 37.4 Å². The Balaban J connectivity index is 2.14. The fourth-order valence-electron chi connectivity index (χ4n) is 2.50. The first-order valence-electron chi connectivity index (χ1n) is 6.43. The minimum absolute atomic E-state index is 0.350. The number of thioether (sulfide) groups is 1. The van der Waals surface area contributed by atoms with Crippen LogP contribution in [0, 0.1) is 0 Å². The van der Waals surface area contributed by atoms with Gasteiger partial charge in [-0.2, -0.15) is 10.1 Å². The molecule has 1 aromatic heterocycles. The summed E-state index contributed by atoms with van der Waals surface area (Å²) in [7, 11) is 0. The smallest absolute Gasteiger partial charge is 0.248 e. The fourth-order valence-corrected chi connectivity index (χ4v) is 2.91. The van der Waals surface area contributed by atoms with E-state index in [4.69, 9.17) is 5.73 Å². The molecule has 0 unspecified atom stereocenters. The maximum Gasteiger partial charge on any atom is 0.248 e. The highest BCUT2D eigenvalue weighted by Crippen LogP contribution is 2.34. The number of aromatic nitrogens is 3. The van der Waals surface area contributed by atoms with Crippen molar-refractivity contribution >= 4 is 23.6 Å². The summed E-state index contributed by atoms with van der Waals surface area (Å²) in [6.45, 7) is 1.82. The minimum Gasteiger partial charge on any atom is -0.366 e. The highest BCUT2D eigenvalue weighted by Gasteiger charge is 2.31. The van der Waals surface area contributed by atoms with E-state index in [1.54, 1.807) is 16.4 Å². The van der Waals surface area contributed by atoms with Crippen LogP contribution in [0.4, 0.5) is 5.95 Å². The van der Waals surface area contributed by atoms with Gasteiger partial charge in [0.1, 0.15) is 12.4 Å². The van der Waals surface area contributed by atoms with Crippen molar-refractivity contribution in [2.24, 2.45) is 5.73 Å². The molecular formula is C14H15N5OS. The van der Waals surface area contributed by atoms with E-state index < -0.39 is 5.91 Å². The van der Waals surface area contributed by atoms with Gasteiger partial charge in [0, 0.05) is 10.6 Å². The molecule has 3 N–H and O–H groups in total. The molecule has 21 heavy (non-hydrogen) atoms. The SMILES string of the molecule is CSc1ccc([C@H]2C(C(N)=O)=C(C)Nc3ncnn32)cc1. The van der Waals surface area contributed by atoms with E-state index in [9.17, 15) is 4.79 Å². The number of benzene rings is 1. The summed E-state index contributed by atoms with van der Waals surface area (Å²) in [4.78, 5) is 17.2. The summed E-state index contributed by atoms with van der Waals surface area (Å²) in [6.07, 6.45) is 3.48. The van der Waals surface area contributed by atoms with Gasteiger partial charge in [-0.25, -0.2) is 4.68 Å². The average Bonchev–Trinajstić information content (AvgIpc) is 2.93. The zero-order valence-electron chi connectivity index (χ0n) is 11.7. The van der Waals surface area contributed by atoms with Crippen LogP contribution < -0.4 is 11.1 Å². The molecule has 1 aliphatic heterocycles. The van der Waals surface area contributed by atoms with Crippen LogP contribution in [0.15, 0.2) is 46.8 Å². The summed E-state index contributed by atoms with van der Waals surface area (Å²) in [5, 5.41) is 7.28. The topological polar surface area (TPSA) is 85.8 Å². The number of rotatable bonds is 3. The molecule has 0 aliphatic carbocycles. The average molecular weight is 301 g/mol. The third-order valence-electron chi connectivity index (χ3n) is 3.49. The largest absolute Gasteiger partial charge is 0.366 e. The van der Waals surface area contributed by atoms with Crippen molar-refractivity contribution in [3.05, 3.63) is 47.4 Å². The molecule has 1 amide bonds. The van der Waals surface area contributed by atoms with Crippen LogP contribution in [0.25, 0.3) is 0 Å². The van der Waals surface area contributed by atoms with Gasteiger partial charge in [-0.3, -0.25) is 4.79 Å². The molecule has 7 heteroatoms. The van der Waals surface area contributed by atoms with Crippen molar-refractivity contribution in [2.75, 3.05) is 11.6 Å². The Hall–Kier alpha value is -2.28. The van der Waals surface area contributed by atoms with Gasteiger partial charge in [-0.05, 0) is 30.9 Å². The number of carbonyl (C=O) groups is 1. The number of hydrogen-bond donors (Lipinski definition) is 2. The molecule has 0 radical (unpaired) electrons. The molecular weight excluding hydrogens is 286 g/mol. The molecule has 108 valence electrons. The lowest BCUT2D eigenvalue weighted by Crippen LogP contribution is -2.31. The second-order valence-electron chi connectivity index (χ2n) is 4.73. The Morgan fingerprint density at radius 1 is 1.38 bits per heavy atom. The van der Waals surface area contributed by atoms with Gasteiger partial charge in [0.15, 0.2) is 0 Å². The van der Waals surface area contributed by atoms with Crippen molar-refractivity contribution in [2.45, 2.75) is 17.9 Å². The van der Waals surface area contributed by atoms with Gasteiger partial charge in [0.2, 0.25) is 11.9 Å². The normalized spacial score (nSPS) is 17.3. The van der Waals surface area contributed by atoms with Crippen molar-refractivity contribution in [1.29, 1.82) is 0 Å². The summed E-state index contributed by atoms with van der Waals surface area (Å²) in [6, 6.07) is 7.67. The predicted octanol–water partition coefficient (Wildman–Crippen LogP) is 1.77. The summed E-state index contributed by atoms with van der Waals surface area (Å²) < 4.78 is 1.68. The Bertz CT molecular complexity index is 719. The standard InChI is InChI=1S/C14H15N5OS/c1-8-11(13(15)20)12(19-14(18-8)16-7-17-19)9-3-5-10(21-2)6-4-9/h3-7,12H,1-2H3,(H2,15,20)(H,16,17,18)/t12-/m0/s1. The predicted molar refractivity (Wildman–Crippen MR) is 81.9 cm³/mol. The Morgan fingerprint density at radius 3 is 2.71 bits per heavy atom. The number of anilines is 1. The Morgan fingerprint density at radius 2 is 2.10 bits per heavy atom. The van der Waals surface area contributed by atoms with Gasteiger partial charge in [0.05, 0.1) is 5.57 Å². The van der Waals surface area contributed by atoms with Crippen LogP contribution in [0.2, 0.25) is 0 Å². The van der Waals surface area contributed by atoms with Crippen LogP contribution in [-0.4, -0.2) is 26.9 Å². The number of allylic oxidation sites excluding steroid dienone is 1. The Kier molecular flexibility index (Phi) is 3.42. The highest BCUT2D eigenvalue weighted by molar-refractivity contribution is 7.98. The minimum atomic E-state index is -0.458. The second kappa shape index (κ2) is 5.25. The monoisotopic (exact) mass is 301 g/mol. The van der Waals surface area contributed by atoms with E-state index in [0.29, 0.717) is 17.2 Å². The lowest BCUT2D eigenvalue weighted by molar-refractivity contribution is -0.115. The lowest BCUT2D eigenvalue weighted by atomic mass is 9.95. The highest BCUT2D eigenvalue weighted by atomic mass is 32.2. The fraction of sp³-hybridized carbons (Fsp3) is 0.214. The van der Waals surface area contributed by atoms with E-state index in [2.05, 4.69) is 15.4 Å². The molecule has 0 saturated heterocycles. The van der Waals surface area contributed by atoms with E-state index in [-0.39, 0.29) is 6.04 Å². The number of fused-ring (bicyclic) bond motifs is 1. The number of nitrogens with one attached hydrogen (secondary N) is 1. The summed E-state index contributed by atoms with van der Waals surface area (Å²) in [5.74, 6) is 0.150. The van der Waals surface area contributed by atoms with Crippen LogP contribution in [-0.2, 0) is 4.79 Å². The zero-order valence-corrected chi connectivity index (χ0v) is 12.5. The molecule has 6 nitrogen and oxygen atoms in total. The molecule has 3 rings (SSSR count). The van der Waals surface area contributed by atoms with Gasteiger partial charge in [-0.1, -0.05) is 12.1 Å². The van der Waals surface area contributed by atoms with E-state index in [1.165, 1.54) is 6.33 Å². The quantitative estimate of drug-likeness (QED) is 0.844. The van der Waals surface area contributed by atoms with Crippen molar-refractivity contribution in [3.63, 3.8) is 0 Å². The molecule has 0 spiro atoms. The lowest BCUT2D eigenvalue weighted by Gasteiger charge is -2.27. The number of hydrogen-bond acceptors (Lipinski definition) is 5. The molecule has 0 bridgehead atoms. The number of carbonyl (C=O) groups excluding carboxylic acids is 1. The number of primary amides is 1. The Labute approximate surface area is 126 Å². The molecule has 0 saturated carbocycles. The summed E-state index contributed by atoms with van der Waals surface area (Å²) >= 11 is 1.67. The van der Waals surface area contributed by atoms with Crippen LogP contribution in [0.3, 0.4) is 0 Å². The van der Waals surface area contributed by atoms with Crippen LogP contribution in [0.5, 0.6) is 0 Å². The second-order valence-corrected chi connectivity index (χ2v) is 5.61. The number of nitrogens with zero attached hydrogens (tertiary/aromatic N) is 3. The van der Waals surface area contributed by atoms with Crippen LogP contribution >= 0.6 is 11.8 Å². The van der Waals surface area contributed by atoms with Gasteiger partial charge in [-0.15, -0.1) is 11.8 Å². The maximum atomic E-state index is 11.9. The van der Waals surface area contributed by atoms with Crippen molar-refractivity contribution in [1.82, 2.24) is 14.8 Å². The van der Waals surface area contributed by atoms with Crippen molar-refractivity contribution < 1.29 is 4.79 Å². The van der Waals surface area contributed by atoms with Gasteiger partial charge >= 0.3 is 0 Å². The molecule has 0 fully saturated rings. The van der Waals surface area contributed by atoms with Gasteiger partial charge in [0.25, 0.3) is 0 Å². The van der Waals surface area contributed by atoms with Crippen LogP contribution in [0.1, 0.15) is 18.5 Å². The zero-order chi connectivity index (χ0) is 15.0. The summed E-state index contributed by atoms with van der Waals surface area (Å²) in [5.41, 5.74) is 7.73. The third kappa shape index (κ3) is 2.29. The van der Waals surface area contributed by atoms with E-state index in [0.717, 1.165) is 10.5 Å². The number of nitrogens with two attached hydrogens (primary N) is 1. The van der Waals surface area contributed by atoms with Gasteiger partial charge < -0.3 is 11.1 Å². The molecule has 1 aliphatic rings. The molecule has 2 aromatic rings. The van der Waals surface area contributed by atoms with Crippen molar-refractivity contribution in [3.8, 4) is 0 Å². The first-order chi connectivity index (χ1) is 10.1. The maximum absolute atomic E-state index is 11.9. The molecule has 1 atom stereocenters. The first kappa shape index (κ1) is 13.7.